The highest BCUT2D eigenvalue weighted by Crippen LogP contribution is 2.25. The number of fused-ring (bicyclic) bond motifs is 1. The van der Waals surface area contributed by atoms with Gasteiger partial charge in [0.15, 0.2) is 0 Å². The van der Waals surface area contributed by atoms with Crippen molar-refractivity contribution in [2.45, 2.75) is 38.8 Å². The number of amides is 2. The number of likely N-dealkylation sites (tertiary alicyclic amines) is 1. The Labute approximate surface area is 142 Å². The molecule has 1 fully saturated rings. The van der Waals surface area contributed by atoms with Crippen molar-refractivity contribution in [2.24, 2.45) is 5.92 Å². The summed E-state index contributed by atoms with van der Waals surface area (Å²) in [6.07, 6.45) is 2.94. The van der Waals surface area contributed by atoms with Gasteiger partial charge >= 0.3 is 6.03 Å². The lowest BCUT2D eigenvalue weighted by atomic mass is 9.98. The number of urea groups is 1. The van der Waals surface area contributed by atoms with E-state index in [2.05, 4.69) is 28.6 Å². The average Bonchev–Trinajstić information content (AvgIpc) is 3.07. The third kappa shape index (κ3) is 4.05. The predicted octanol–water partition coefficient (Wildman–Crippen LogP) is 1.91. The van der Waals surface area contributed by atoms with Crippen molar-refractivity contribution in [1.82, 2.24) is 15.1 Å². The van der Waals surface area contributed by atoms with E-state index in [1.165, 1.54) is 10.4 Å². The molecule has 1 aromatic heterocycles. The van der Waals surface area contributed by atoms with Gasteiger partial charge in [-0.05, 0) is 49.1 Å². The van der Waals surface area contributed by atoms with Crippen molar-refractivity contribution in [2.75, 3.05) is 32.8 Å². The minimum atomic E-state index is 0.0430. The van der Waals surface area contributed by atoms with Gasteiger partial charge in [-0.1, -0.05) is 0 Å². The zero-order valence-corrected chi connectivity index (χ0v) is 14.6. The van der Waals surface area contributed by atoms with E-state index in [4.69, 9.17) is 5.11 Å². The van der Waals surface area contributed by atoms with Crippen LogP contribution in [0.3, 0.4) is 0 Å². The standard InChI is InChI=1S/C17H27N3O2S/c1-13(20-8-4-16-15(11-20)5-9-23-16)10-18-17(22)19-6-2-14(12-21)3-7-19/h5,9,13-14,21H,2-4,6-8,10-12H2,1H3,(H,18,22)/t13-/m0/s1. The number of hydrogen-bond donors (Lipinski definition) is 2. The first-order chi connectivity index (χ1) is 11.2. The number of aliphatic hydroxyl groups excluding tert-OH is 1. The van der Waals surface area contributed by atoms with Crippen molar-refractivity contribution in [3.8, 4) is 0 Å². The molecule has 2 aliphatic heterocycles. The Morgan fingerprint density at radius 2 is 2.22 bits per heavy atom. The van der Waals surface area contributed by atoms with Crippen LogP contribution < -0.4 is 5.32 Å². The lowest BCUT2D eigenvalue weighted by molar-refractivity contribution is 0.133. The number of rotatable bonds is 4. The fourth-order valence-electron chi connectivity index (χ4n) is 3.44. The molecule has 128 valence electrons. The van der Waals surface area contributed by atoms with Gasteiger partial charge in [0.2, 0.25) is 0 Å². The first kappa shape index (κ1) is 16.7. The molecular weight excluding hydrogens is 310 g/mol. The molecule has 23 heavy (non-hydrogen) atoms. The molecule has 5 nitrogen and oxygen atoms in total. The van der Waals surface area contributed by atoms with Crippen LogP contribution in [0.15, 0.2) is 11.4 Å². The average molecular weight is 337 g/mol. The molecule has 0 unspecified atom stereocenters. The Bertz CT molecular complexity index is 526. The summed E-state index contributed by atoms with van der Waals surface area (Å²) in [5, 5.41) is 14.4. The van der Waals surface area contributed by atoms with Gasteiger partial charge in [-0.15, -0.1) is 11.3 Å². The van der Waals surface area contributed by atoms with Crippen LogP contribution in [-0.4, -0.2) is 59.8 Å². The lowest BCUT2D eigenvalue weighted by Gasteiger charge is -2.34. The number of piperidine rings is 1. The summed E-state index contributed by atoms with van der Waals surface area (Å²) in [4.78, 5) is 18.1. The first-order valence-electron chi connectivity index (χ1n) is 8.60. The van der Waals surface area contributed by atoms with Crippen LogP contribution >= 0.6 is 11.3 Å². The summed E-state index contributed by atoms with van der Waals surface area (Å²) < 4.78 is 0. The topological polar surface area (TPSA) is 55.8 Å². The van der Waals surface area contributed by atoms with Crippen LogP contribution in [0.4, 0.5) is 4.79 Å². The SMILES string of the molecule is C[C@@H](CNC(=O)N1CCC(CO)CC1)N1CCc2sccc2C1. The van der Waals surface area contributed by atoms with Crippen molar-refractivity contribution in [1.29, 1.82) is 0 Å². The predicted molar refractivity (Wildman–Crippen MR) is 92.7 cm³/mol. The molecule has 0 saturated carbocycles. The summed E-state index contributed by atoms with van der Waals surface area (Å²) in [6.45, 7) is 6.71. The molecular formula is C17H27N3O2S. The molecule has 0 aliphatic carbocycles. The van der Waals surface area contributed by atoms with E-state index in [0.717, 1.165) is 45.4 Å². The molecule has 1 atom stereocenters. The first-order valence-corrected chi connectivity index (χ1v) is 9.48. The maximum absolute atomic E-state index is 12.3. The highest BCUT2D eigenvalue weighted by molar-refractivity contribution is 7.10. The largest absolute Gasteiger partial charge is 0.396 e. The Hall–Kier alpha value is -1.11. The lowest BCUT2D eigenvalue weighted by Crippen LogP contribution is -2.49. The second-order valence-electron chi connectivity index (χ2n) is 6.74. The van der Waals surface area contributed by atoms with Crippen LogP contribution in [0.1, 0.15) is 30.2 Å². The molecule has 3 heterocycles. The van der Waals surface area contributed by atoms with E-state index in [-0.39, 0.29) is 12.6 Å². The van der Waals surface area contributed by atoms with Gasteiger partial charge in [-0.2, -0.15) is 0 Å². The van der Waals surface area contributed by atoms with E-state index < -0.39 is 0 Å². The molecule has 1 saturated heterocycles. The summed E-state index contributed by atoms with van der Waals surface area (Å²) in [5.41, 5.74) is 1.45. The van der Waals surface area contributed by atoms with Gasteiger partial charge in [0, 0.05) is 50.2 Å². The van der Waals surface area contributed by atoms with Gasteiger partial charge in [-0.25, -0.2) is 4.79 Å². The fraction of sp³-hybridized carbons (Fsp3) is 0.706. The second-order valence-corrected chi connectivity index (χ2v) is 7.74. The van der Waals surface area contributed by atoms with Crippen LogP contribution in [0.2, 0.25) is 0 Å². The maximum atomic E-state index is 12.3. The van der Waals surface area contributed by atoms with Gasteiger partial charge in [0.25, 0.3) is 0 Å². The number of carbonyl (C=O) groups excluding carboxylic acids is 1. The Balaban J connectivity index is 1.42. The molecule has 0 bridgehead atoms. The minimum absolute atomic E-state index is 0.0430. The van der Waals surface area contributed by atoms with Crippen LogP contribution in [-0.2, 0) is 13.0 Å². The van der Waals surface area contributed by atoms with Gasteiger partial charge in [0.05, 0.1) is 0 Å². The maximum Gasteiger partial charge on any atom is 0.317 e. The van der Waals surface area contributed by atoms with Crippen LogP contribution in [0, 0.1) is 5.92 Å². The zero-order valence-electron chi connectivity index (χ0n) is 13.8. The van der Waals surface area contributed by atoms with Crippen LogP contribution in [0.5, 0.6) is 0 Å². The molecule has 2 amide bonds. The monoisotopic (exact) mass is 337 g/mol. The summed E-state index contributed by atoms with van der Waals surface area (Å²) in [7, 11) is 0. The number of nitrogens with zero attached hydrogens (tertiary/aromatic N) is 2. The molecule has 2 N–H and O–H groups in total. The number of carbonyl (C=O) groups is 1. The summed E-state index contributed by atoms with van der Waals surface area (Å²) >= 11 is 1.86. The number of thiophene rings is 1. The van der Waals surface area contributed by atoms with E-state index in [9.17, 15) is 4.79 Å². The fourth-order valence-corrected chi connectivity index (χ4v) is 4.33. The Morgan fingerprint density at radius 1 is 1.43 bits per heavy atom. The van der Waals surface area contributed by atoms with Gasteiger partial charge in [-0.3, -0.25) is 4.90 Å². The third-order valence-corrected chi connectivity index (χ3v) is 6.19. The molecule has 0 aromatic carbocycles. The molecule has 6 heteroatoms. The number of hydrogen-bond acceptors (Lipinski definition) is 4. The Morgan fingerprint density at radius 3 is 2.96 bits per heavy atom. The molecule has 2 aliphatic rings. The van der Waals surface area contributed by atoms with E-state index in [1.807, 2.05) is 16.2 Å². The van der Waals surface area contributed by atoms with Crippen molar-refractivity contribution in [3.05, 3.63) is 21.9 Å². The molecule has 0 radical (unpaired) electrons. The summed E-state index contributed by atoms with van der Waals surface area (Å²) in [6, 6.07) is 2.62. The summed E-state index contributed by atoms with van der Waals surface area (Å²) in [5.74, 6) is 0.367. The second kappa shape index (κ2) is 7.64. The highest BCUT2D eigenvalue weighted by atomic mass is 32.1. The van der Waals surface area contributed by atoms with Crippen molar-refractivity contribution in [3.63, 3.8) is 0 Å². The Kier molecular flexibility index (Phi) is 5.56. The molecule has 0 spiro atoms. The van der Waals surface area contributed by atoms with Gasteiger partial charge in [0.1, 0.15) is 0 Å². The minimum Gasteiger partial charge on any atom is -0.396 e. The van der Waals surface area contributed by atoms with E-state index >= 15 is 0 Å². The quantitative estimate of drug-likeness (QED) is 0.882. The number of nitrogens with one attached hydrogen (secondary N) is 1. The van der Waals surface area contributed by atoms with Crippen LogP contribution in [0.25, 0.3) is 0 Å². The zero-order chi connectivity index (χ0) is 16.2. The normalized spacial score (nSPS) is 21.0. The van der Waals surface area contributed by atoms with E-state index in [0.29, 0.717) is 18.5 Å². The molecule has 3 rings (SSSR count). The van der Waals surface area contributed by atoms with E-state index in [1.54, 1.807) is 0 Å². The molecule has 1 aromatic rings. The number of aliphatic hydroxyl groups is 1. The van der Waals surface area contributed by atoms with Crippen molar-refractivity contribution >= 4 is 17.4 Å². The third-order valence-electron chi connectivity index (χ3n) is 5.17. The highest BCUT2D eigenvalue weighted by Gasteiger charge is 2.24. The van der Waals surface area contributed by atoms with Crippen molar-refractivity contribution < 1.29 is 9.90 Å². The van der Waals surface area contributed by atoms with Gasteiger partial charge < -0.3 is 15.3 Å². The smallest absolute Gasteiger partial charge is 0.317 e.